The third-order valence-corrected chi connectivity index (χ3v) is 5.40. The number of rotatable bonds is 7. The fourth-order valence-corrected chi connectivity index (χ4v) is 3.83. The van der Waals surface area contributed by atoms with E-state index in [1.807, 2.05) is 35.2 Å². The summed E-state index contributed by atoms with van der Waals surface area (Å²) in [6.07, 6.45) is 1.56. The minimum atomic E-state index is 0.0430. The van der Waals surface area contributed by atoms with E-state index in [1.165, 1.54) is 11.1 Å². The maximum absolute atomic E-state index is 12.0. The summed E-state index contributed by atoms with van der Waals surface area (Å²) in [7, 11) is 0. The van der Waals surface area contributed by atoms with Gasteiger partial charge in [0.2, 0.25) is 11.8 Å². The molecule has 2 aromatic rings. The van der Waals surface area contributed by atoms with Crippen LogP contribution in [0.2, 0.25) is 0 Å². The third-order valence-electron chi connectivity index (χ3n) is 4.40. The van der Waals surface area contributed by atoms with Gasteiger partial charge in [0.1, 0.15) is 0 Å². The summed E-state index contributed by atoms with van der Waals surface area (Å²) in [6, 6.07) is 16.2. The molecule has 2 amide bonds. The van der Waals surface area contributed by atoms with E-state index < -0.39 is 0 Å². The molecular formula is C21H24N2O2S. The van der Waals surface area contributed by atoms with E-state index in [2.05, 4.69) is 30.4 Å². The predicted octanol–water partition coefficient (Wildman–Crippen LogP) is 3.67. The van der Waals surface area contributed by atoms with E-state index in [9.17, 15) is 9.59 Å². The highest BCUT2D eigenvalue weighted by molar-refractivity contribution is 7.99. The van der Waals surface area contributed by atoms with Crippen LogP contribution in [0.3, 0.4) is 0 Å². The molecule has 1 fully saturated rings. The Morgan fingerprint density at radius 3 is 2.65 bits per heavy atom. The van der Waals surface area contributed by atoms with Crippen LogP contribution in [0.1, 0.15) is 29.5 Å². The maximum atomic E-state index is 12.0. The first-order chi connectivity index (χ1) is 12.6. The number of aryl methyl sites for hydroxylation is 1. The molecule has 0 radical (unpaired) electrons. The molecule has 0 saturated carbocycles. The number of nitrogens with one attached hydrogen (secondary N) is 1. The van der Waals surface area contributed by atoms with E-state index in [1.54, 1.807) is 11.8 Å². The summed E-state index contributed by atoms with van der Waals surface area (Å²) >= 11 is 1.62. The fraction of sp³-hybridized carbons (Fsp3) is 0.333. The SMILES string of the molecule is Cc1cccc(CSCC(=O)NCc2ccc(N3CCCC3=O)cc2)c1. The molecule has 4 nitrogen and oxygen atoms in total. The molecule has 3 rings (SSSR count). The van der Waals surface area contributed by atoms with Crippen molar-refractivity contribution >= 4 is 29.3 Å². The zero-order chi connectivity index (χ0) is 18.4. The first-order valence-electron chi connectivity index (χ1n) is 8.91. The zero-order valence-corrected chi connectivity index (χ0v) is 15.8. The van der Waals surface area contributed by atoms with Gasteiger partial charge >= 0.3 is 0 Å². The molecule has 1 heterocycles. The van der Waals surface area contributed by atoms with Gasteiger partial charge in [0, 0.05) is 31.0 Å². The van der Waals surface area contributed by atoms with Gasteiger partial charge in [-0.25, -0.2) is 0 Å². The van der Waals surface area contributed by atoms with Crippen LogP contribution in [0.5, 0.6) is 0 Å². The normalized spacial score (nSPS) is 13.9. The molecular weight excluding hydrogens is 344 g/mol. The molecule has 0 atom stereocenters. The monoisotopic (exact) mass is 368 g/mol. The molecule has 0 unspecified atom stereocenters. The smallest absolute Gasteiger partial charge is 0.230 e. The number of nitrogens with zero attached hydrogens (tertiary/aromatic N) is 1. The van der Waals surface area contributed by atoms with Crippen LogP contribution in [-0.4, -0.2) is 24.1 Å². The molecule has 0 bridgehead atoms. The van der Waals surface area contributed by atoms with Gasteiger partial charge in [-0.3, -0.25) is 9.59 Å². The Hall–Kier alpha value is -2.27. The third kappa shape index (κ3) is 5.11. The Morgan fingerprint density at radius 2 is 1.96 bits per heavy atom. The van der Waals surface area contributed by atoms with Crippen molar-refractivity contribution in [2.45, 2.75) is 32.1 Å². The highest BCUT2D eigenvalue weighted by Gasteiger charge is 2.21. The van der Waals surface area contributed by atoms with Gasteiger partial charge in [0.15, 0.2) is 0 Å². The van der Waals surface area contributed by atoms with E-state index in [-0.39, 0.29) is 11.8 Å². The Kier molecular flexibility index (Phi) is 6.34. The van der Waals surface area contributed by atoms with Crippen molar-refractivity contribution in [3.8, 4) is 0 Å². The summed E-state index contributed by atoms with van der Waals surface area (Å²) in [5.74, 6) is 1.53. The lowest BCUT2D eigenvalue weighted by molar-refractivity contribution is -0.119. The summed E-state index contributed by atoms with van der Waals surface area (Å²) in [4.78, 5) is 25.6. The van der Waals surface area contributed by atoms with E-state index in [0.29, 0.717) is 18.7 Å². The van der Waals surface area contributed by atoms with Gasteiger partial charge < -0.3 is 10.2 Å². The number of benzene rings is 2. The number of carbonyl (C=O) groups excluding carboxylic acids is 2. The summed E-state index contributed by atoms with van der Waals surface area (Å²) in [6.45, 7) is 3.39. The second-order valence-electron chi connectivity index (χ2n) is 6.57. The maximum Gasteiger partial charge on any atom is 0.230 e. The van der Waals surface area contributed by atoms with Crippen LogP contribution < -0.4 is 10.2 Å². The number of thioether (sulfide) groups is 1. The summed E-state index contributed by atoms with van der Waals surface area (Å²) in [5, 5.41) is 2.95. The Bertz CT molecular complexity index is 774. The van der Waals surface area contributed by atoms with Gasteiger partial charge in [-0.1, -0.05) is 42.0 Å². The topological polar surface area (TPSA) is 49.4 Å². The van der Waals surface area contributed by atoms with Crippen LogP contribution in [0.15, 0.2) is 48.5 Å². The van der Waals surface area contributed by atoms with Crippen molar-refractivity contribution in [3.63, 3.8) is 0 Å². The summed E-state index contributed by atoms with van der Waals surface area (Å²) in [5.41, 5.74) is 4.47. The lowest BCUT2D eigenvalue weighted by atomic mass is 10.2. The Morgan fingerprint density at radius 1 is 1.15 bits per heavy atom. The van der Waals surface area contributed by atoms with Crippen molar-refractivity contribution < 1.29 is 9.59 Å². The first kappa shape index (κ1) is 18.5. The van der Waals surface area contributed by atoms with Gasteiger partial charge in [-0.2, -0.15) is 0 Å². The quantitative estimate of drug-likeness (QED) is 0.811. The van der Waals surface area contributed by atoms with Gasteiger partial charge in [-0.15, -0.1) is 11.8 Å². The van der Waals surface area contributed by atoms with Crippen molar-refractivity contribution in [1.29, 1.82) is 0 Å². The lowest BCUT2D eigenvalue weighted by Crippen LogP contribution is -2.25. The van der Waals surface area contributed by atoms with E-state index >= 15 is 0 Å². The summed E-state index contributed by atoms with van der Waals surface area (Å²) < 4.78 is 0. The van der Waals surface area contributed by atoms with Crippen molar-refractivity contribution in [3.05, 3.63) is 65.2 Å². The first-order valence-corrected chi connectivity index (χ1v) is 10.1. The van der Waals surface area contributed by atoms with E-state index in [0.717, 1.165) is 30.0 Å². The average Bonchev–Trinajstić information content (AvgIpc) is 3.06. The average molecular weight is 369 g/mol. The molecule has 26 heavy (non-hydrogen) atoms. The molecule has 1 aliphatic heterocycles. The van der Waals surface area contributed by atoms with Crippen LogP contribution in [0, 0.1) is 6.92 Å². The van der Waals surface area contributed by atoms with Gasteiger partial charge in [0.05, 0.1) is 5.75 Å². The standard InChI is InChI=1S/C21H24N2O2S/c1-16-4-2-5-18(12-16)14-26-15-20(24)22-13-17-7-9-19(10-8-17)23-11-3-6-21(23)25/h2,4-5,7-10,12H,3,6,11,13-15H2,1H3,(H,22,24). The zero-order valence-electron chi connectivity index (χ0n) is 15.0. The van der Waals surface area contributed by atoms with Crippen molar-refractivity contribution in [2.75, 3.05) is 17.2 Å². The molecule has 5 heteroatoms. The van der Waals surface area contributed by atoms with Crippen LogP contribution in [-0.2, 0) is 21.9 Å². The lowest BCUT2D eigenvalue weighted by Gasteiger charge is -2.16. The number of carbonyl (C=O) groups is 2. The highest BCUT2D eigenvalue weighted by atomic mass is 32.2. The molecule has 1 saturated heterocycles. The Labute approximate surface area is 159 Å². The number of hydrogen-bond donors (Lipinski definition) is 1. The minimum absolute atomic E-state index is 0.0430. The fourth-order valence-electron chi connectivity index (χ4n) is 3.03. The molecule has 1 N–H and O–H groups in total. The molecule has 0 spiro atoms. The minimum Gasteiger partial charge on any atom is -0.351 e. The van der Waals surface area contributed by atoms with Crippen molar-refractivity contribution in [1.82, 2.24) is 5.32 Å². The second kappa shape index (κ2) is 8.90. The largest absolute Gasteiger partial charge is 0.351 e. The predicted molar refractivity (Wildman–Crippen MR) is 107 cm³/mol. The van der Waals surface area contributed by atoms with Crippen LogP contribution in [0.4, 0.5) is 5.69 Å². The molecule has 136 valence electrons. The van der Waals surface area contributed by atoms with Gasteiger partial charge in [0.25, 0.3) is 0 Å². The number of amides is 2. The molecule has 1 aliphatic rings. The Balaban J connectivity index is 1.40. The number of anilines is 1. The highest BCUT2D eigenvalue weighted by Crippen LogP contribution is 2.21. The molecule has 2 aromatic carbocycles. The molecule has 0 aromatic heterocycles. The molecule has 0 aliphatic carbocycles. The van der Waals surface area contributed by atoms with Gasteiger partial charge in [-0.05, 0) is 36.6 Å². The van der Waals surface area contributed by atoms with Crippen LogP contribution in [0.25, 0.3) is 0 Å². The second-order valence-corrected chi connectivity index (χ2v) is 7.56. The van der Waals surface area contributed by atoms with Crippen LogP contribution >= 0.6 is 11.8 Å². The van der Waals surface area contributed by atoms with Crippen molar-refractivity contribution in [2.24, 2.45) is 0 Å². The number of hydrogen-bond acceptors (Lipinski definition) is 3. The van der Waals surface area contributed by atoms with E-state index in [4.69, 9.17) is 0 Å².